The lowest BCUT2D eigenvalue weighted by Gasteiger charge is -2.13. The van der Waals surface area contributed by atoms with E-state index in [0.717, 1.165) is 28.2 Å². The third-order valence-corrected chi connectivity index (χ3v) is 3.87. The van der Waals surface area contributed by atoms with E-state index in [2.05, 4.69) is 11.4 Å². The molecule has 1 N–H and O–H groups in total. The van der Waals surface area contributed by atoms with Gasteiger partial charge in [-0.25, -0.2) is 0 Å². The van der Waals surface area contributed by atoms with Crippen LogP contribution in [0, 0.1) is 25.2 Å². The summed E-state index contributed by atoms with van der Waals surface area (Å²) in [6, 6.07) is 15.7. The van der Waals surface area contributed by atoms with Crippen molar-refractivity contribution >= 4 is 5.91 Å². The van der Waals surface area contributed by atoms with Gasteiger partial charge < -0.3 is 14.8 Å². The molecule has 2 aromatic carbocycles. The number of hydrogen-bond donors (Lipinski definition) is 1. The van der Waals surface area contributed by atoms with Crippen molar-refractivity contribution in [2.75, 3.05) is 19.8 Å². The summed E-state index contributed by atoms with van der Waals surface area (Å²) in [6.07, 6.45) is 0.527. The van der Waals surface area contributed by atoms with E-state index in [-0.39, 0.29) is 12.3 Å². The zero-order valence-electron chi connectivity index (χ0n) is 15.2. The Labute approximate surface area is 154 Å². The Hall–Kier alpha value is -3.00. The first kappa shape index (κ1) is 19.3. The molecule has 1 amide bonds. The fourth-order valence-corrected chi connectivity index (χ4v) is 2.49. The van der Waals surface area contributed by atoms with Crippen LogP contribution >= 0.6 is 0 Å². The normalized spacial score (nSPS) is 10.0. The van der Waals surface area contributed by atoms with E-state index in [1.54, 1.807) is 0 Å². The minimum atomic E-state index is -0.257. The lowest BCUT2D eigenvalue weighted by Crippen LogP contribution is -2.25. The molecular weight excluding hydrogens is 328 g/mol. The van der Waals surface area contributed by atoms with Crippen LogP contribution in [0.4, 0.5) is 0 Å². The zero-order chi connectivity index (χ0) is 18.8. The van der Waals surface area contributed by atoms with E-state index in [1.807, 2.05) is 56.3 Å². The summed E-state index contributed by atoms with van der Waals surface area (Å²) in [6.45, 7) is 5.42. The lowest BCUT2D eigenvalue weighted by atomic mass is 10.1. The van der Waals surface area contributed by atoms with Crippen LogP contribution in [-0.4, -0.2) is 25.7 Å². The SMILES string of the molecule is Cc1ccc(C)c(OCCOc2ccccc2CCNC(=O)CC#N)c1. The van der Waals surface area contributed by atoms with E-state index in [1.165, 1.54) is 0 Å². The molecule has 0 heterocycles. The first-order valence-corrected chi connectivity index (χ1v) is 8.64. The Morgan fingerprint density at radius 1 is 1.08 bits per heavy atom. The van der Waals surface area contributed by atoms with Crippen molar-refractivity contribution in [1.82, 2.24) is 5.32 Å². The van der Waals surface area contributed by atoms with Gasteiger partial charge in [0.2, 0.25) is 5.91 Å². The first-order chi connectivity index (χ1) is 12.6. The number of hydrogen-bond acceptors (Lipinski definition) is 4. The highest BCUT2D eigenvalue weighted by Crippen LogP contribution is 2.20. The second-order valence-electron chi connectivity index (χ2n) is 6.01. The molecule has 0 radical (unpaired) electrons. The van der Waals surface area contributed by atoms with Crippen LogP contribution in [0.3, 0.4) is 0 Å². The molecule has 0 saturated carbocycles. The fraction of sp³-hybridized carbons (Fsp3) is 0.333. The number of carbonyl (C=O) groups is 1. The van der Waals surface area contributed by atoms with E-state index >= 15 is 0 Å². The van der Waals surface area contributed by atoms with Gasteiger partial charge in [-0.1, -0.05) is 30.3 Å². The smallest absolute Gasteiger partial charge is 0.234 e. The highest BCUT2D eigenvalue weighted by Gasteiger charge is 2.05. The van der Waals surface area contributed by atoms with Gasteiger partial charge in [0.15, 0.2) is 0 Å². The number of nitrogens with one attached hydrogen (secondary N) is 1. The molecule has 0 aromatic heterocycles. The molecule has 0 bridgehead atoms. The maximum atomic E-state index is 11.3. The predicted molar refractivity (Wildman–Crippen MR) is 100 cm³/mol. The highest BCUT2D eigenvalue weighted by atomic mass is 16.5. The summed E-state index contributed by atoms with van der Waals surface area (Å²) < 4.78 is 11.7. The summed E-state index contributed by atoms with van der Waals surface area (Å²) in [5.41, 5.74) is 3.27. The molecule has 2 aromatic rings. The summed E-state index contributed by atoms with van der Waals surface area (Å²) in [4.78, 5) is 11.3. The third kappa shape index (κ3) is 6.14. The van der Waals surface area contributed by atoms with Crippen molar-refractivity contribution in [2.24, 2.45) is 0 Å². The van der Waals surface area contributed by atoms with E-state index in [4.69, 9.17) is 14.7 Å². The Morgan fingerprint density at radius 3 is 2.58 bits per heavy atom. The number of ether oxygens (including phenoxy) is 2. The highest BCUT2D eigenvalue weighted by molar-refractivity contribution is 5.77. The number of benzene rings is 2. The van der Waals surface area contributed by atoms with Crippen molar-refractivity contribution in [3.63, 3.8) is 0 Å². The molecule has 0 unspecified atom stereocenters. The number of rotatable bonds is 9. The topological polar surface area (TPSA) is 71.3 Å². The Kier molecular flexibility index (Phi) is 7.50. The van der Waals surface area contributed by atoms with Gasteiger partial charge in [0.1, 0.15) is 31.1 Å². The second-order valence-corrected chi connectivity index (χ2v) is 6.01. The number of nitriles is 1. The van der Waals surface area contributed by atoms with Gasteiger partial charge in [-0.2, -0.15) is 5.26 Å². The number of carbonyl (C=O) groups excluding carboxylic acids is 1. The van der Waals surface area contributed by atoms with Crippen molar-refractivity contribution in [3.8, 4) is 17.6 Å². The second kappa shape index (κ2) is 10.1. The van der Waals surface area contributed by atoms with Gasteiger partial charge in [0.05, 0.1) is 6.07 Å². The minimum Gasteiger partial charge on any atom is -0.490 e. The molecule has 0 spiro atoms. The average molecular weight is 352 g/mol. The van der Waals surface area contributed by atoms with E-state index in [9.17, 15) is 4.79 Å². The molecule has 5 heteroatoms. The molecule has 0 aliphatic heterocycles. The number of aryl methyl sites for hydroxylation is 2. The van der Waals surface area contributed by atoms with E-state index < -0.39 is 0 Å². The van der Waals surface area contributed by atoms with Crippen LogP contribution in [0.15, 0.2) is 42.5 Å². The monoisotopic (exact) mass is 352 g/mol. The summed E-state index contributed by atoms with van der Waals surface area (Å²) in [5, 5.41) is 11.2. The van der Waals surface area contributed by atoms with Crippen molar-refractivity contribution < 1.29 is 14.3 Å². The van der Waals surface area contributed by atoms with Crippen LogP contribution in [0.25, 0.3) is 0 Å². The molecule has 0 fully saturated rings. The molecular formula is C21H24N2O3. The molecule has 136 valence electrons. The predicted octanol–water partition coefficient (Wildman–Crippen LogP) is 3.33. The van der Waals surface area contributed by atoms with Crippen LogP contribution in [0.1, 0.15) is 23.1 Å². The number of nitrogens with zero attached hydrogens (tertiary/aromatic N) is 1. The standard InChI is InChI=1S/C21H24N2O3/c1-16-7-8-17(2)20(15-16)26-14-13-25-19-6-4-3-5-18(19)10-12-23-21(24)9-11-22/h3-8,15H,9-10,12-14H2,1-2H3,(H,23,24). The molecule has 5 nitrogen and oxygen atoms in total. The van der Waals surface area contributed by atoms with Crippen LogP contribution in [0.5, 0.6) is 11.5 Å². The van der Waals surface area contributed by atoms with Gasteiger partial charge in [-0.3, -0.25) is 4.79 Å². The van der Waals surface area contributed by atoms with Crippen LogP contribution in [-0.2, 0) is 11.2 Å². The number of amides is 1. The van der Waals surface area contributed by atoms with Gasteiger partial charge in [0, 0.05) is 6.54 Å². The largest absolute Gasteiger partial charge is 0.490 e. The first-order valence-electron chi connectivity index (χ1n) is 8.64. The van der Waals surface area contributed by atoms with Gasteiger partial charge in [-0.05, 0) is 49.1 Å². The van der Waals surface area contributed by atoms with Gasteiger partial charge in [0.25, 0.3) is 0 Å². The summed E-state index contributed by atoms with van der Waals surface area (Å²) >= 11 is 0. The Balaban J connectivity index is 1.81. The lowest BCUT2D eigenvalue weighted by molar-refractivity contribution is -0.120. The molecule has 0 aliphatic carbocycles. The maximum Gasteiger partial charge on any atom is 0.234 e. The third-order valence-electron chi connectivity index (χ3n) is 3.87. The summed E-state index contributed by atoms with van der Waals surface area (Å²) in [7, 11) is 0. The molecule has 2 rings (SSSR count). The van der Waals surface area contributed by atoms with Crippen molar-refractivity contribution in [1.29, 1.82) is 5.26 Å². The maximum absolute atomic E-state index is 11.3. The fourth-order valence-electron chi connectivity index (χ4n) is 2.49. The quantitative estimate of drug-likeness (QED) is 0.703. The van der Waals surface area contributed by atoms with Crippen LogP contribution in [0.2, 0.25) is 0 Å². The summed E-state index contributed by atoms with van der Waals surface area (Å²) in [5.74, 6) is 1.40. The molecule has 0 saturated heterocycles. The molecule has 0 aliphatic rings. The number of para-hydroxylation sites is 1. The minimum absolute atomic E-state index is 0.117. The zero-order valence-corrected chi connectivity index (χ0v) is 15.2. The Morgan fingerprint density at radius 2 is 1.81 bits per heavy atom. The van der Waals surface area contributed by atoms with E-state index in [0.29, 0.717) is 26.2 Å². The average Bonchev–Trinajstić information content (AvgIpc) is 2.63. The Bertz CT molecular complexity index is 781. The van der Waals surface area contributed by atoms with Crippen LogP contribution < -0.4 is 14.8 Å². The molecule has 26 heavy (non-hydrogen) atoms. The van der Waals surface area contributed by atoms with Crippen molar-refractivity contribution in [2.45, 2.75) is 26.7 Å². The molecule has 0 atom stereocenters. The van der Waals surface area contributed by atoms with Gasteiger partial charge in [-0.15, -0.1) is 0 Å². The van der Waals surface area contributed by atoms with Gasteiger partial charge >= 0.3 is 0 Å². The van der Waals surface area contributed by atoms with Crippen molar-refractivity contribution in [3.05, 3.63) is 59.2 Å².